The maximum Gasteiger partial charge on any atom is 0.251 e. The molecule has 0 radical (unpaired) electrons. The molecule has 2 aromatic carbocycles. The molecule has 0 aromatic heterocycles. The summed E-state index contributed by atoms with van der Waals surface area (Å²) >= 11 is 5.51. The Morgan fingerprint density at radius 1 is 1.02 bits per heavy atom. The van der Waals surface area contributed by atoms with E-state index in [0.29, 0.717) is 43.8 Å². The summed E-state index contributed by atoms with van der Waals surface area (Å²) < 4.78 is 4.56. The summed E-state index contributed by atoms with van der Waals surface area (Å²) in [6.07, 6.45) is 5.99. The molecule has 0 aliphatic carbocycles. The number of halogens is 1. The van der Waals surface area contributed by atoms with Crippen molar-refractivity contribution in [2.75, 3.05) is 43.2 Å². The minimum absolute atomic E-state index is 0.0367. The van der Waals surface area contributed by atoms with Gasteiger partial charge in [-0.15, -0.1) is 24.9 Å². The number of carbonyl (C=O) groups excluding carboxylic acids is 3. The van der Waals surface area contributed by atoms with Crippen molar-refractivity contribution >= 4 is 56.8 Å². The first kappa shape index (κ1) is 32.3. The van der Waals surface area contributed by atoms with Gasteiger partial charge in [-0.1, -0.05) is 46.3 Å². The number of amides is 3. The predicted octanol–water partition coefficient (Wildman–Crippen LogP) is 5.06. The highest BCUT2D eigenvalue weighted by Crippen LogP contribution is 2.68. The zero-order chi connectivity index (χ0) is 31.4. The molecule has 8 nitrogen and oxygen atoms in total. The zero-order valence-electron chi connectivity index (χ0n) is 25.0. The van der Waals surface area contributed by atoms with Crippen molar-refractivity contribution in [2.45, 2.75) is 46.5 Å². The number of likely N-dealkylation sites (tertiary alicyclic amines) is 1. The van der Waals surface area contributed by atoms with Crippen molar-refractivity contribution < 1.29 is 24.2 Å². The number of thioether (sulfide) groups is 1. The van der Waals surface area contributed by atoms with Crippen molar-refractivity contribution in [3.8, 4) is 5.75 Å². The van der Waals surface area contributed by atoms with Crippen LogP contribution in [0.1, 0.15) is 25.7 Å². The normalized spacial score (nSPS) is 26.8. The van der Waals surface area contributed by atoms with E-state index < -0.39 is 22.6 Å². The SMILES string of the molecule is C=CCN(C(=O)C1N(CCCCCO)C(=O)[C@@H]2[C@H](C(=O)N(CC=C)c3ccccc3)[C@H]3SC12CC3Br)c1ccc(OC)cc1. The van der Waals surface area contributed by atoms with E-state index in [1.54, 1.807) is 45.7 Å². The molecule has 10 heteroatoms. The lowest BCUT2D eigenvalue weighted by atomic mass is 9.70. The van der Waals surface area contributed by atoms with Gasteiger partial charge in [-0.05, 0) is 62.1 Å². The minimum atomic E-state index is -0.771. The quantitative estimate of drug-likeness (QED) is 0.170. The van der Waals surface area contributed by atoms with Crippen LogP contribution in [0.2, 0.25) is 0 Å². The van der Waals surface area contributed by atoms with E-state index in [-0.39, 0.29) is 41.0 Å². The van der Waals surface area contributed by atoms with Crippen molar-refractivity contribution in [1.82, 2.24) is 4.90 Å². The lowest BCUT2D eigenvalue weighted by Gasteiger charge is -2.38. The predicted molar refractivity (Wildman–Crippen MR) is 179 cm³/mol. The number of para-hydroxylation sites is 1. The van der Waals surface area contributed by atoms with Crippen LogP contribution in [-0.4, -0.2) is 81.9 Å². The molecule has 44 heavy (non-hydrogen) atoms. The highest BCUT2D eigenvalue weighted by molar-refractivity contribution is 9.09. The number of aliphatic hydroxyl groups excluding tert-OH is 1. The average Bonchev–Trinajstić information content (AvgIpc) is 3.63. The van der Waals surface area contributed by atoms with Gasteiger partial charge in [0.1, 0.15) is 11.8 Å². The van der Waals surface area contributed by atoms with Crippen LogP contribution >= 0.6 is 27.7 Å². The van der Waals surface area contributed by atoms with E-state index in [4.69, 9.17) is 4.74 Å². The van der Waals surface area contributed by atoms with Gasteiger partial charge in [0.2, 0.25) is 11.8 Å². The van der Waals surface area contributed by atoms with Crippen LogP contribution in [-0.2, 0) is 14.4 Å². The molecule has 3 aliphatic heterocycles. The first-order chi connectivity index (χ1) is 21.3. The van der Waals surface area contributed by atoms with Gasteiger partial charge in [-0.3, -0.25) is 14.4 Å². The minimum Gasteiger partial charge on any atom is -0.497 e. The molecule has 6 atom stereocenters. The average molecular weight is 683 g/mol. The van der Waals surface area contributed by atoms with E-state index in [1.807, 2.05) is 54.6 Å². The Morgan fingerprint density at radius 3 is 2.27 bits per heavy atom. The molecule has 2 aromatic rings. The maximum atomic E-state index is 14.8. The van der Waals surface area contributed by atoms with E-state index >= 15 is 0 Å². The number of hydrogen-bond acceptors (Lipinski definition) is 6. The molecule has 5 rings (SSSR count). The molecule has 3 fully saturated rings. The summed E-state index contributed by atoms with van der Waals surface area (Å²) in [7, 11) is 1.59. The summed E-state index contributed by atoms with van der Waals surface area (Å²) in [4.78, 5) is 48.9. The van der Waals surface area contributed by atoms with Crippen LogP contribution in [0.25, 0.3) is 0 Å². The fraction of sp³-hybridized carbons (Fsp3) is 0.441. The standard InChI is InChI=1S/C34H40BrN3O5S/c1-4-18-36(23-12-8-6-9-13-23)31(40)27-28-32(41)38(20-10-7-11-21-39)30(34(28)22-26(35)29(27)44-34)33(42)37(19-5-2)24-14-16-25(43-3)17-15-24/h4-6,8-9,12-17,26-30,39H,1-2,7,10-11,18-22H2,3H3/t26?,27-,28-,29-,30?,34?/m0/s1. The number of anilines is 2. The molecular weight excluding hydrogens is 642 g/mol. The zero-order valence-corrected chi connectivity index (χ0v) is 27.4. The number of benzene rings is 2. The van der Waals surface area contributed by atoms with Crippen LogP contribution in [0.5, 0.6) is 5.75 Å². The molecular formula is C34H40BrN3O5S. The molecule has 3 aliphatic rings. The Bertz CT molecular complexity index is 1370. The first-order valence-electron chi connectivity index (χ1n) is 15.1. The van der Waals surface area contributed by atoms with Gasteiger partial charge in [0.05, 0.1) is 23.7 Å². The first-order valence-corrected chi connectivity index (χ1v) is 16.9. The number of ether oxygens (including phenoxy) is 1. The second-order valence-corrected chi connectivity index (χ2v) is 14.2. The summed E-state index contributed by atoms with van der Waals surface area (Å²) in [6.45, 7) is 8.83. The summed E-state index contributed by atoms with van der Waals surface area (Å²) in [5, 5.41) is 9.20. The van der Waals surface area contributed by atoms with Crippen molar-refractivity contribution in [2.24, 2.45) is 11.8 Å². The molecule has 2 bridgehead atoms. The number of carbonyl (C=O) groups is 3. The van der Waals surface area contributed by atoms with Crippen LogP contribution in [0.4, 0.5) is 11.4 Å². The monoisotopic (exact) mass is 681 g/mol. The largest absolute Gasteiger partial charge is 0.497 e. The van der Waals surface area contributed by atoms with Gasteiger partial charge in [0.25, 0.3) is 5.91 Å². The van der Waals surface area contributed by atoms with E-state index in [1.165, 1.54) is 0 Å². The van der Waals surface area contributed by atoms with Crippen LogP contribution < -0.4 is 14.5 Å². The molecule has 234 valence electrons. The van der Waals surface area contributed by atoms with E-state index in [2.05, 4.69) is 29.1 Å². The van der Waals surface area contributed by atoms with E-state index in [0.717, 1.165) is 12.1 Å². The van der Waals surface area contributed by atoms with Crippen molar-refractivity contribution in [3.63, 3.8) is 0 Å². The molecule has 3 unspecified atom stereocenters. The molecule has 1 N–H and O–H groups in total. The number of aliphatic hydroxyl groups is 1. The Labute approximate surface area is 272 Å². The number of hydrogen-bond donors (Lipinski definition) is 1. The lowest BCUT2D eigenvalue weighted by Crippen LogP contribution is -2.56. The van der Waals surface area contributed by atoms with Crippen molar-refractivity contribution in [1.29, 1.82) is 0 Å². The Kier molecular flexibility index (Phi) is 10.2. The third kappa shape index (κ3) is 5.72. The topological polar surface area (TPSA) is 90.4 Å². The molecule has 3 heterocycles. The third-order valence-electron chi connectivity index (χ3n) is 8.97. The smallest absolute Gasteiger partial charge is 0.251 e. The van der Waals surface area contributed by atoms with Crippen LogP contribution in [0.3, 0.4) is 0 Å². The summed E-state index contributed by atoms with van der Waals surface area (Å²) in [5.74, 6) is -0.999. The number of methoxy groups -OCH3 is 1. The van der Waals surface area contributed by atoms with Gasteiger partial charge in [-0.2, -0.15) is 0 Å². The number of fused-ring (bicyclic) bond motifs is 1. The third-order valence-corrected chi connectivity index (χ3v) is 12.2. The summed E-state index contributed by atoms with van der Waals surface area (Å²) in [5.41, 5.74) is 1.44. The van der Waals surface area contributed by atoms with Crippen molar-refractivity contribution in [3.05, 3.63) is 79.9 Å². The maximum absolute atomic E-state index is 14.8. The highest BCUT2D eigenvalue weighted by Gasteiger charge is 2.76. The lowest BCUT2D eigenvalue weighted by molar-refractivity contribution is -0.139. The number of unbranched alkanes of at least 4 members (excludes halogenated alkanes) is 2. The van der Waals surface area contributed by atoms with Gasteiger partial charge in [-0.25, -0.2) is 0 Å². The second kappa shape index (κ2) is 13.9. The molecule has 3 saturated heterocycles. The van der Waals surface area contributed by atoms with E-state index in [9.17, 15) is 19.5 Å². The summed E-state index contributed by atoms with van der Waals surface area (Å²) in [6, 6.07) is 16.0. The fourth-order valence-electron chi connectivity index (χ4n) is 7.10. The Hall–Kier alpha value is -3.08. The van der Waals surface area contributed by atoms with Gasteiger partial charge >= 0.3 is 0 Å². The van der Waals surface area contributed by atoms with Gasteiger partial charge in [0.15, 0.2) is 0 Å². The molecule has 3 amide bonds. The second-order valence-electron chi connectivity index (χ2n) is 11.5. The number of nitrogens with zero attached hydrogens (tertiary/aromatic N) is 3. The fourth-order valence-corrected chi connectivity index (χ4v) is 10.7. The van der Waals surface area contributed by atoms with Gasteiger partial charge in [0, 0.05) is 47.7 Å². The van der Waals surface area contributed by atoms with Gasteiger partial charge < -0.3 is 24.5 Å². The van der Waals surface area contributed by atoms with Crippen LogP contribution in [0.15, 0.2) is 79.9 Å². The number of alkyl halides is 1. The Morgan fingerprint density at radius 2 is 1.66 bits per heavy atom. The highest BCUT2D eigenvalue weighted by atomic mass is 79.9. The number of rotatable bonds is 14. The molecule has 0 saturated carbocycles. The van der Waals surface area contributed by atoms with Crippen LogP contribution in [0, 0.1) is 11.8 Å². The molecule has 1 spiro atoms. The Balaban J connectivity index is 1.56.